The molecule has 0 unspecified atom stereocenters. The van der Waals surface area contributed by atoms with Crippen molar-refractivity contribution in [3.8, 4) is 0 Å². The largest absolute Gasteiger partial charge is 0.370 e. The maximum atomic E-state index is 6.06. The zero-order chi connectivity index (χ0) is 6.28. The van der Waals surface area contributed by atoms with E-state index >= 15 is 0 Å². The van der Waals surface area contributed by atoms with Crippen LogP contribution in [0.25, 0.3) is 0 Å². The fraction of sp³-hybridized carbons (Fsp3) is 0.667. The van der Waals surface area contributed by atoms with Crippen LogP contribution in [0, 0.1) is 5.41 Å². The molecule has 6 N–H and O–H groups in total. The van der Waals surface area contributed by atoms with Crippen LogP contribution in [0.3, 0.4) is 0 Å². The fourth-order valence-corrected chi connectivity index (χ4v) is 0. The van der Waals surface area contributed by atoms with Gasteiger partial charge in [-0.2, -0.15) is 0 Å². The minimum absolute atomic E-state index is 0.333. The van der Waals surface area contributed by atoms with Gasteiger partial charge in [0.1, 0.15) is 0 Å². The average molecular weight is 104 g/mol. The summed E-state index contributed by atoms with van der Waals surface area (Å²) in [7, 11) is 3.75. The summed E-state index contributed by atoms with van der Waals surface area (Å²) in [5, 5.41) is 8.81. The van der Waals surface area contributed by atoms with E-state index in [9.17, 15) is 0 Å². The number of nitrogens with two attached hydrogens (primary N) is 2. The van der Waals surface area contributed by atoms with E-state index in [0.29, 0.717) is 0 Å². The summed E-state index contributed by atoms with van der Waals surface area (Å²) in [6.07, 6.45) is 0. The molecular weight excluding hydrogens is 92.1 g/mol. The van der Waals surface area contributed by atoms with E-state index in [0.717, 1.165) is 0 Å². The molecule has 0 aliphatic carbocycles. The van der Waals surface area contributed by atoms with Gasteiger partial charge in [0.2, 0.25) is 0 Å². The molecule has 4 nitrogen and oxygen atoms in total. The Labute approximate surface area is 43.4 Å². The number of hydrogen-bond acceptors (Lipinski definition) is 2. The van der Waals surface area contributed by atoms with Gasteiger partial charge in [0.25, 0.3) is 0 Å². The van der Waals surface area contributed by atoms with Crippen LogP contribution < -0.4 is 16.8 Å². The molecule has 0 radical (unpaired) electrons. The van der Waals surface area contributed by atoms with Gasteiger partial charge in [-0.3, -0.25) is 5.41 Å². The van der Waals surface area contributed by atoms with Crippen molar-refractivity contribution in [2.45, 2.75) is 0 Å². The molecule has 0 spiro atoms. The summed E-state index contributed by atoms with van der Waals surface area (Å²) in [6, 6.07) is 0. The molecule has 0 heterocycles. The van der Waals surface area contributed by atoms with Crippen molar-refractivity contribution in [3.05, 3.63) is 0 Å². The van der Waals surface area contributed by atoms with Crippen molar-refractivity contribution in [2.24, 2.45) is 11.5 Å². The quantitative estimate of drug-likeness (QED) is 0.227. The van der Waals surface area contributed by atoms with Gasteiger partial charge in [0, 0.05) is 0 Å². The van der Waals surface area contributed by atoms with Crippen molar-refractivity contribution in [2.75, 3.05) is 14.1 Å². The minimum Gasteiger partial charge on any atom is -0.370 e. The first kappa shape index (κ1) is 9.52. The molecule has 0 saturated carbocycles. The molecule has 0 atom stereocenters. The molecule has 44 valence electrons. The summed E-state index contributed by atoms with van der Waals surface area (Å²) >= 11 is 0. The topological polar surface area (TPSA) is 87.9 Å². The summed E-state index contributed by atoms with van der Waals surface area (Å²) < 4.78 is 0. The zero-order valence-corrected chi connectivity index (χ0v) is 4.65. The summed E-state index contributed by atoms with van der Waals surface area (Å²) in [4.78, 5) is 0. The Morgan fingerprint density at radius 2 is 1.43 bits per heavy atom. The van der Waals surface area contributed by atoms with E-state index in [1.807, 2.05) is 14.1 Å². The van der Waals surface area contributed by atoms with Crippen molar-refractivity contribution in [1.29, 1.82) is 5.41 Å². The van der Waals surface area contributed by atoms with Gasteiger partial charge in [-0.15, -0.1) is 0 Å². The third-order valence-corrected chi connectivity index (χ3v) is 0. The van der Waals surface area contributed by atoms with Crippen LogP contribution in [-0.2, 0) is 0 Å². The van der Waals surface area contributed by atoms with Crippen LogP contribution in [0.4, 0.5) is 0 Å². The first-order valence-corrected chi connectivity index (χ1v) is 1.83. The SMILES string of the molecule is CNC.N=C(N)N. The normalized spacial score (nSPS) is 6.00. The number of nitrogens with one attached hydrogen (secondary N) is 2. The van der Waals surface area contributed by atoms with E-state index < -0.39 is 0 Å². The molecule has 4 heteroatoms. The second kappa shape index (κ2) is 8.97. The molecule has 0 fully saturated rings. The third-order valence-electron chi connectivity index (χ3n) is 0. The highest BCUT2D eigenvalue weighted by Gasteiger charge is 1.52. The first-order valence-electron chi connectivity index (χ1n) is 1.83. The molecule has 0 aliphatic rings. The second-order valence-electron chi connectivity index (χ2n) is 0.955. The van der Waals surface area contributed by atoms with E-state index in [2.05, 4.69) is 16.8 Å². The number of guanidine groups is 1. The van der Waals surface area contributed by atoms with Crippen LogP contribution in [0.15, 0.2) is 0 Å². The average Bonchev–Trinajstić information content (AvgIpc) is 1.33. The summed E-state index contributed by atoms with van der Waals surface area (Å²) in [5.74, 6) is -0.333. The van der Waals surface area contributed by atoms with Gasteiger partial charge in [-0.25, -0.2) is 0 Å². The fourth-order valence-electron chi connectivity index (χ4n) is 0. The standard InChI is InChI=1S/C2H7N.CH5N3/c1-3-2;2-1(3)4/h3H,1-2H3;(H5,2,3,4). The lowest BCUT2D eigenvalue weighted by Gasteiger charge is -1.69. The van der Waals surface area contributed by atoms with Crippen LogP contribution >= 0.6 is 0 Å². The molecule has 0 aromatic heterocycles. The summed E-state index contributed by atoms with van der Waals surface area (Å²) in [6.45, 7) is 0. The molecule has 0 aromatic rings. The van der Waals surface area contributed by atoms with Crippen LogP contribution in [0.5, 0.6) is 0 Å². The van der Waals surface area contributed by atoms with Gasteiger partial charge in [-0.1, -0.05) is 0 Å². The maximum absolute atomic E-state index is 6.06. The number of hydrogen-bond donors (Lipinski definition) is 4. The van der Waals surface area contributed by atoms with Crippen LogP contribution in [0.1, 0.15) is 0 Å². The maximum Gasteiger partial charge on any atom is 0.183 e. The molecule has 7 heavy (non-hydrogen) atoms. The van der Waals surface area contributed by atoms with E-state index in [1.54, 1.807) is 0 Å². The molecule has 0 amide bonds. The van der Waals surface area contributed by atoms with Gasteiger partial charge in [0.15, 0.2) is 5.96 Å². The Bertz CT molecular complexity index is 38.2. The molecular formula is C3H12N4. The first-order chi connectivity index (χ1) is 3.15. The minimum atomic E-state index is -0.333. The van der Waals surface area contributed by atoms with Crippen molar-refractivity contribution in [3.63, 3.8) is 0 Å². The van der Waals surface area contributed by atoms with Gasteiger partial charge >= 0.3 is 0 Å². The Kier molecular flexibility index (Phi) is 12.2. The van der Waals surface area contributed by atoms with Gasteiger partial charge in [0.05, 0.1) is 0 Å². The molecule has 0 rings (SSSR count). The van der Waals surface area contributed by atoms with Crippen molar-refractivity contribution < 1.29 is 0 Å². The lowest BCUT2D eigenvalue weighted by Crippen LogP contribution is -2.20. The zero-order valence-electron chi connectivity index (χ0n) is 4.65. The smallest absolute Gasteiger partial charge is 0.183 e. The molecule has 0 saturated heterocycles. The predicted octanol–water partition coefficient (Wildman–Crippen LogP) is -1.33. The van der Waals surface area contributed by atoms with Crippen molar-refractivity contribution in [1.82, 2.24) is 5.32 Å². The molecule has 0 bridgehead atoms. The molecule has 0 aliphatic heterocycles. The third kappa shape index (κ3) is 92.0. The lowest BCUT2D eigenvalue weighted by molar-refractivity contribution is 1.02. The number of rotatable bonds is 0. The Hall–Kier alpha value is -0.770. The van der Waals surface area contributed by atoms with E-state index in [1.165, 1.54) is 0 Å². The Balaban J connectivity index is 0. The van der Waals surface area contributed by atoms with Gasteiger partial charge in [-0.05, 0) is 14.1 Å². The highest BCUT2D eigenvalue weighted by atomic mass is 14.9. The van der Waals surface area contributed by atoms with E-state index in [4.69, 9.17) is 5.41 Å². The monoisotopic (exact) mass is 104 g/mol. The summed E-state index contributed by atoms with van der Waals surface area (Å²) in [5.41, 5.74) is 8.94. The van der Waals surface area contributed by atoms with E-state index in [-0.39, 0.29) is 5.96 Å². The van der Waals surface area contributed by atoms with Gasteiger partial charge < -0.3 is 16.8 Å². The molecule has 0 aromatic carbocycles. The van der Waals surface area contributed by atoms with Crippen LogP contribution in [-0.4, -0.2) is 20.1 Å². The Morgan fingerprint density at radius 1 is 1.43 bits per heavy atom. The predicted molar refractivity (Wildman–Crippen MR) is 31.1 cm³/mol. The highest BCUT2D eigenvalue weighted by molar-refractivity contribution is 5.71. The second-order valence-corrected chi connectivity index (χ2v) is 0.955. The van der Waals surface area contributed by atoms with Crippen LogP contribution in [0.2, 0.25) is 0 Å². The highest BCUT2D eigenvalue weighted by Crippen LogP contribution is 1.13. The lowest BCUT2D eigenvalue weighted by atomic mass is 11.1. The Morgan fingerprint density at radius 3 is 1.43 bits per heavy atom. The van der Waals surface area contributed by atoms with Crippen molar-refractivity contribution >= 4 is 5.96 Å².